The van der Waals surface area contributed by atoms with Crippen molar-refractivity contribution in [2.45, 2.75) is 26.2 Å². The van der Waals surface area contributed by atoms with Crippen LogP contribution in [0.3, 0.4) is 0 Å². The molecule has 2 aromatic rings. The Morgan fingerprint density at radius 1 is 1.31 bits per heavy atom. The second kappa shape index (κ2) is 3.52. The Hall–Kier alpha value is -1.49. The van der Waals surface area contributed by atoms with Crippen molar-refractivity contribution in [3.8, 4) is 10.6 Å². The van der Waals surface area contributed by atoms with Gasteiger partial charge in [0.1, 0.15) is 0 Å². The minimum absolute atomic E-state index is 0.509. The first-order valence-corrected chi connectivity index (χ1v) is 6.14. The van der Waals surface area contributed by atoms with E-state index in [-0.39, 0.29) is 0 Å². The fourth-order valence-corrected chi connectivity index (χ4v) is 2.81. The van der Waals surface area contributed by atoms with Gasteiger partial charge in [-0.15, -0.1) is 10.2 Å². The molecule has 0 radical (unpaired) electrons. The number of pyridine rings is 1. The first-order valence-electron chi connectivity index (χ1n) is 5.33. The van der Waals surface area contributed by atoms with E-state index in [0.29, 0.717) is 5.13 Å². The maximum absolute atomic E-state index is 5.60. The average Bonchev–Trinajstić information content (AvgIpc) is 2.84. The van der Waals surface area contributed by atoms with Gasteiger partial charge in [0, 0.05) is 17.0 Å². The molecule has 0 amide bonds. The fourth-order valence-electron chi connectivity index (χ4n) is 2.14. The molecule has 0 aromatic carbocycles. The van der Waals surface area contributed by atoms with Crippen LogP contribution in [0.4, 0.5) is 5.13 Å². The van der Waals surface area contributed by atoms with Crippen LogP contribution < -0.4 is 5.73 Å². The number of hydrogen-bond acceptors (Lipinski definition) is 5. The number of rotatable bonds is 1. The van der Waals surface area contributed by atoms with Crippen molar-refractivity contribution in [3.05, 3.63) is 23.0 Å². The maximum atomic E-state index is 5.60. The lowest BCUT2D eigenvalue weighted by Crippen LogP contribution is -1.94. The van der Waals surface area contributed by atoms with Gasteiger partial charge in [-0.2, -0.15) is 0 Å². The lowest BCUT2D eigenvalue weighted by Gasteiger charge is -2.05. The van der Waals surface area contributed by atoms with E-state index in [9.17, 15) is 0 Å². The molecule has 1 aliphatic carbocycles. The smallest absolute Gasteiger partial charge is 0.203 e. The Labute approximate surface area is 97.6 Å². The van der Waals surface area contributed by atoms with Gasteiger partial charge in [-0.3, -0.25) is 4.98 Å². The Morgan fingerprint density at radius 3 is 2.94 bits per heavy atom. The number of hydrogen-bond donors (Lipinski definition) is 1. The van der Waals surface area contributed by atoms with Crippen molar-refractivity contribution in [2.24, 2.45) is 0 Å². The number of nitrogens with two attached hydrogens (primary N) is 1. The molecule has 2 heterocycles. The largest absolute Gasteiger partial charge is 0.374 e. The van der Waals surface area contributed by atoms with Crippen LogP contribution in [0.15, 0.2) is 6.07 Å². The van der Waals surface area contributed by atoms with Crippen molar-refractivity contribution in [3.63, 3.8) is 0 Å². The highest BCUT2D eigenvalue weighted by Gasteiger charge is 2.17. The maximum Gasteiger partial charge on any atom is 0.203 e. The second-order valence-corrected chi connectivity index (χ2v) is 5.04. The molecule has 2 N–H and O–H groups in total. The highest BCUT2D eigenvalue weighted by Crippen LogP contribution is 2.31. The third-order valence-electron chi connectivity index (χ3n) is 2.91. The van der Waals surface area contributed by atoms with Gasteiger partial charge in [-0.1, -0.05) is 11.3 Å². The summed E-state index contributed by atoms with van der Waals surface area (Å²) in [5, 5.41) is 9.30. The SMILES string of the molecule is Cc1nc2c(cc1-c1nnc(N)s1)CCC2. The standard InChI is InChI=1S/C11H12N4S/c1-6-8(10-14-15-11(12)16-10)5-7-3-2-4-9(7)13-6/h5H,2-4H2,1H3,(H2,12,15). The molecule has 0 bridgehead atoms. The van der Waals surface area contributed by atoms with Crippen LogP contribution in [0.25, 0.3) is 10.6 Å². The zero-order valence-electron chi connectivity index (χ0n) is 9.03. The quantitative estimate of drug-likeness (QED) is 0.816. The molecule has 4 nitrogen and oxygen atoms in total. The highest BCUT2D eigenvalue weighted by atomic mass is 32.1. The number of nitrogens with zero attached hydrogens (tertiary/aromatic N) is 3. The molecule has 0 atom stereocenters. The molecule has 0 unspecified atom stereocenters. The summed E-state index contributed by atoms with van der Waals surface area (Å²) in [5.41, 5.74) is 10.3. The van der Waals surface area contributed by atoms with Gasteiger partial charge in [0.05, 0.1) is 0 Å². The monoisotopic (exact) mass is 232 g/mol. The highest BCUT2D eigenvalue weighted by molar-refractivity contribution is 7.18. The lowest BCUT2D eigenvalue weighted by molar-refractivity contribution is 0.897. The fraction of sp³-hybridized carbons (Fsp3) is 0.364. The van der Waals surface area contributed by atoms with E-state index in [1.54, 1.807) is 0 Å². The average molecular weight is 232 g/mol. The first-order chi connectivity index (χ1) is 7.74. The van der Waals surface area contributed by atoms with Gasteiger partial charge in [0.15, 0.2) is 5.01 Å². The molecule has 0 spiro atoms. The topological polar surface area (TPSA) is 64.7 Å². The van der Waals surface area contributed by atoms with Gasteiger partial charge in [-0.25, -0.2) is 0 Å². The Bertz CT molecular complexity index is 547. The molecule has 2 aromatic heterocycles. The molecule has 0 fully saturated rings. The molecule has 82 valence electrons. The van der Waals surface area contributed by atoms with Crippen LogP contribution in [0.5, 0.6) is 0 Å². The number of aryl methyl sites for hydroxylation is 3. The molecule has 0 aliphatic heterocycles. The van der Waals surface area contributed by atoms with Gasteiger partial charge < -0.3 is 5.73 Å². The molecule has 0 saturated heterocycles. The Balaban J connectivity index is 2.14. The summed E-state index contributed by atoms with van der Waals surface area (Å²) in [4.78, 5) is 4.64. The van der Waals surface area contributed by atoms with Crippen molar-refractivity contribution in [1.82, 2.24) is 15.2 Å². The summed E-state index contributed by atoms with van der Waals surface area (Å²) in [7, 11) is 0. The van der Waals surface area contributed by atoms with E-state index in [2.05, 4.69) is 21.2 Å². The number of aromatic nitrogens is 3. The summed E-state index contributed by atoms with van der Waals surface area (Å²) in [6.45, 7) is 2.02. The first kappa shape index (κ1) is 9.72. The van der Waals surface area contributed by atoms with E-state index in [0.717, 1.165) is 29.1 Å². The number of anilines is 1. The van der Waals surface area contributed by atoms with E-state index < -0.39 is 0 Å². The van der Waals surface area contributed by atoms with Crippen LogP contribution in [-0.4, -0.2) is 15.2 Å². The Kier molecular flexibility index (Phi) is 2.14. The summed E-state index contributed by atoms with van der Waals surface area (Å²) in [6, 6.07) is 2.20. The predicted octanol–water partition coefficient (Wildman–Crippen LogP) is 1.98. The summed E-state index contributed by atoms with van der Waals surface area (Å²) >= 11 is 1.42. The number of fused-ring (bicyclic) bond motifs is 1. The van der Waals surface area contributed by atoms with Crippen LogP contribution in [0.1, 0.15) is 23.4 Å². The minimum atomic E-state index is 0.509. The zero-order chi connectivity index (χ0) is 11.1. The molecule has 5 heteroatoms. The van der Waals surface area contributed by atoms with Gasteiger partial charge in [0.2, 0.25) is 5.13 Å². The summed E-state index contributed by atoms with van der Waals surface area (Å²) < 4.78 is 0. The summed E-state index contributed by atoms with van der Waals surface area (Å²) in [6.07, 6.45) is 3.45. The van der Waals surface area contributed by atoms with Crippen LogP contribution in [-0.2, 0) is 12.8 Å². The third kappa shape index (κ3) is 1.48. The summed E-state index contributed by atoms with van der Waals surface area (Å²) in [5.74, 6) is 0. The van der Waals surface area contributed by atoms with Crippen LogP contribution in [0.2, 0.25) is 0 Å². The van der Waals surface area contributed by atoms with E-state index >= 15 is 0 Å². The third-order valence-corrected chi connectivity index (χ3v) is 3.70. The molecule has 16 heavy (non-hydrogen) atoms. The van der Waals surface area contributed by atoms with E-state index in [1.807, 2.05) is 6.92 Å². The van der Waals surface area contributed by atoms with E-state index in [4.69, 9.17) is 5.73 Å². The predicted molar refractivity (Wildman–Crippen MR) is 64.3 cm³/mol. The molecular weight excluding hydrogens is 220 g/mol. The lowest BCUT2D eigenvalue weighted by atomic mass is 10.1. The second-order valence-electron chi connectivity index (χ2n) is 4.03. The molecule has 1 aliphatic rings. The van der Waals surface area contributed by atoms with Crippen molar-refractivity contribution >= 4 is 16.5 Å². The van der Waals surface area contributed by atoms with Crippen molar-refractivity contribution in [1.29, 1.82) is 0 Å². The zero-order valence-corrected chi connectivity index (χ0v) is 9.84. The van der Waals surface area contributed by atoms with Gasteiger partial charge in [-0.05, 0) is 37.8 Å². The van der Waals surface area contributed by atoms with Crippen LogP contribution in [0, 0.1) is 6.92 Å². The van der Waals surface area contributed by atoms with Crippen molar-refractivity contribution in [2.75, 3.05) is 5.73 Å². The molecule has 3 rings (SSSR count). The van der Waals surface area contributed by atoms with Crippen molar-refractivity contribution < 1.29 is 0 Å². The molecular formula is C11H12N4S. The van der Waals surface area contributed by atoms with Gasteiger partial charge >= 0.3 is 0 Å². The minimum Gasteiger partial charge on any atom is -0.374 e. The van der Waals surface area contributed by atoms with Crippen LogP contribution >= 0.6 is 11.3 Å². The van der Waals surface area contributed by atoms with E-state index in [1.165, 1.54) is 29.0 Å². The number of nitrogen functional groups attached to an aromatic ring is 1. The normalized spacial score (nSPS) is 14.1. The molecule has 0 saturated carbocycles. The van der Waals surface area contributed by atoms with Gasteiger partial charge in [0.25, 0.3) is 0 Å². The Morgan fingerprint density at radius 2 is 2.19 bits per heavy atom.